The topological polar surface area (TPSA) is 65.0 Å². The van der Waals surface area contributed by atoms with Crippen LogP contribution in [0.2, 0.25) is 54.4 Å². The van der Waals surface area contributed by atoms with Crippen LogP contribution in [0.3, 0.4) is 0 Å². The second-order valence-corrected chi connectivity index (χ2v) is 33.8. The molecule has 0 aromatic heterocycles. The SMILES string of the molecule is CC(C)(C)[Si](C)(C)O[C@@H](CCc1ccccc1)CC[C@@H]1[C@@H](CC=CCCCC(=O)O)[C@@H](O[Si](C)(C)C(C)(C)C)C[C@H]1O[Si](C)(C)C(C)(C)C. The zero-order chi connectivity index (χ0) is 37.5. The molecule has 0 radical (unpaired) electrons. The summed E-state index contributed by atoms with van der Waals surface area (Å²) in [6.07, 6.45) is 12.7. The summed E-state index contributed by atoms with van der Waals surface area (Å²) in [5, 5.41) is 9.53. The molecule has 1 fully saturated rings. The van der Waals surface area contributed by atoms with Gasteiger partial charge in [0.05, 0.1) is 12.2 Å². The molecule has 1 N–H and O–H groups in total. The summed E-state index contributed by atoms with van der Waals surface area (Å²) in [4.78, 5) is 11.1. The summed E-state index contributed by atoms with van der Waals surface area (Å²) < 4.78 is 21.9. The Morgan fingerprint density at radius 2 is 1.29 bits per heavy atom. The van der Waals surface area contributed by atoms with Crippen molar-refractivity contribution in [1.82, 2.24) is 0 Å². The van der Waals surface area contributed by atoms with Crippen LogP contribution >= 0.6 is 0 Å². The lowest BCUT2D eigenvalue weighted by Crippen LogP contribution is -2.45. The van der Waals surface area contributed by atoms with E-state index in [-0.39, 0.29) is 39.8 Å². The molecule has 5 nitrogen and oxygen atoms in total. The molecule has 1 aliphatic carbocycles. The molecular formula is C41H76O5Si3. The molecule has 0 unspecified atom stereocenters. The van der Waals surface area contributed by atoms with Crippen LogP contribution in [0.4, 0.5) is 0 Å². The van der Waals surface area contributed by atoms with Crippen LogP contribution in [-0.2, 0) is 24.5 Å². The Kier molecular flexibility index (Phi) is 15.9. The van der Waals surface area contributed by atoms with Crippen LogP contribution in [0.25, 0.3) is 0 Å². The Morgan fingerprint density at radius 3 is 1.78 bits per heavy atom. The number of carboxylic acids is 1. The van der Waals surface area contributed by atoms with E-state index in [1.807, 2.05) is 0 Å². The number of carboxylic acid groups (broad SMARTS) is 1. The molecular weight excluding hydrogens is 657 g/mol. The van der Waals surface area contributed by atoms with Gasteiger partial charge < -0.3 is 18.4 Å². The number of allylic oxidation sites excluding steroid dienone is 2. The Hall–Kier alpha value is -1.04. The largest absolute Gasteiger partial charge is 0.481 e. The number of unbranched alkanes of at least 4 members (excludes halogenated alkanes) is 1. The van der Waals surface area contributed by atoms with E-state index in [4.69, 9.17) is 18.4 Å². The summed E-state index contributed by atoms with van der Waals surface area (Å²) in [5.74, 6) is -0.00323. The Bertz CT molecular complexity index is 1170. The minimum atomic E-state index is -2.05. The maximum absolute atomic E-state index is 11.1. The summed E-state index contributed by atoms with van der Waals surface area (Å²) >= 11 is 0. The normalized spacial score (nSPS) is 22.2. The van der Waals surface area contributed by atoms with Crippen molar-refractivity contribution >= 4 is 30.9 Å². The van der Waals surface area contributed by atoms with Gasteiger partial charge in [0.2, 0.25) is 0 Å². The van der Waals surface area contributed by atoms with E-state index < -0.39 is 30.9 Å². The maximum Gasteiger partial charge on any atom is 0.303 e. The van der Waals surface area contributed by atoms with Crippen LogP contribution in [0.15, 0.2) is 42.5 Å². The van der Waals surface area contributed by atoms with Crippen LogP contribution in [0.1, 0.15) is 119 Å². The lowest BCUT2D eigenvalue weighted by Gasteiger charge is -2.41. The van der Waals surface area contributed by atoms with Gasteiger partial charge in [-0.1, -0.05) is 105 Å². The fourth-order valence-electron chi connectivity index (χ4n) is 6.19. The number of carbonyl (C=O) groups is 1. The lowest BCUT2D eigenvalue weighted by atomic mass is 9.85. The minimum absolute atomic E-state index is 0.123. The minimum Gasteiger partial charge on any atom is -0.481 e. The van der Waals surface area contributed by atoms with Gasteiger partial charge in [0.25, 0.3) is 0 Å². The average molecular weight is 733 g/mol. The summed E-state index contributed by atoms with van der Waals surface area (Å²) in [5.41, 5.74) is 1.38. The molecule has 0 spiro atoms. The number of aryl methyl sites for hydroxylation is 1. The maximum atomic E-state index is 11.1. The molecule has 1 aromatic rings. The third-order valence-electron chi connectivity index (χ3n) is 12.5. The molecule has 1 aromatic carbocycles. The third-order valence-corrected chi connectivity index (χ3v) is 26.0. The van der Waals surface area contributed by atoms with Gasteiger partial charge in [0.1, 0.15) is 0 Å². The van der Waals surface area contributed by atoms with Crippen molar-refractivity contribution in [2.75, 3.05) is 0 Å². The highest BCUT2D eigenvalue weighted by molar-refractivity contribution is 6.75. The van der Waals surface area contributed by atoms with Gasteiger partial charge in [-0.3, -0.25) is 4.79 Å². The van der Waals surface area contributed by atoms with E-state index in [9.17, 15) is 4.79 Å². The predicted octanol–water partition coefficient (Wildman–Crippen LogP) is 12.4. The molecule has 5 atom stereocenters. The molecule has 282 valence electrons. The Morgan fingerprint density at radius 1 is 0.776 bits per heavy atom. The van der Waals surface area contributed by atoms with E-state index in [1.54, 1.807) is 0 Å². The van der Waals surface area contributed by atoms with Gasteiger partial charge in [0.15, 0.2) is 25.0 Å². The van der Waals surface area contributed by atoms with Crippen molar-refractivity contribution in [3.8, 4) is 0 Å². The number of aliphatic carboxylic acids is 1. The van der Waals surface area contributed by atoms with Gasteiger partial charge >= 0.3 is 5.97 Å². The van der Waals surface area contributed by atoms with E-state index >= 15 is 0 Å². The van der Waals surface area contributed by atoms with Crippen molar-refractivity contribution in [2.24, 2.45) is 11.8 Å². The number of rotatable bonds is 18. The monoisotopic (exact) mass is 733 g/mol. The molecule has 1 saturated carbocycles. The third kappa shape index (κ3) is 13.5. The second kappa shape index (κ2) is 17.7. The van der Waals surface area contributed by atoms with Crippen LogP contribution in [0, 0.1) is 11.8 Å². The first-order valence-electron chi connectivity index (χ1n) is 19.2. The first kappa shape index (κ1) is 44.1. The number of benzene rings is 1. The highest BCUT2D eigenvalue weighted by Gasteiger charge is 2.51. The molecule has 0 saturated heterocycles. The summed E-state index contributed by atoms with van der Waals surface area (Å²) in [7, 11) is -6.07. The smallest absolute Gasteiger partial charge is 0.303 e. The van der Waals surface area contributed by atoms with Crippen molar-refractivity contribution in [3.05, 3.63) is 48.0 Å². The molecule has 8 heteroatoms. The van der Waals surface area contributed by atoms with Crippen molar-refractivity contribution in [3.63, 3.8) is 0 Å². The first-order chi connectivity index (χ1) is 22.3. The van der Waals surface area contributed by atoms with Crippen molar-refractivity contribution < 1.29 is 23.2 Å². The van der Waals surface area contributed by atoms with Crippen molar-refractivity contribution in [2.45, 2.75) is 193 Å². The fourth-order valence-corrected chi connectivity index (χ4v) is 10.4. The van der Waals surface area contributed by atoms with Gasteiger partial charge in [0, 0.05) is 12.5 Å². The van der Waals surface area contributed by atoms with Gasteiger partial charge in [-0.05, 0) is 123 Å². The molecule has 2 rings (SSSR count). The van der Waals surface area contributed by atoms with E-state index in [2.05, 4.69) is 144 Å². The van der Waals surface area contributed by atoms with Gasteiger partial charge in [-0.15, -0.1) is 0 Å². The highest BCUT2D eigenvalue weighted by atomic mass is 28.4. The Labute approximate surface area is 305 Å². The second-order valence-electron chi connectivity index (χ2n) is 19.5. The van der Waals surface area contributed by atoms with Crippen molar-refractivity contribution in [1.29, 1.82) is 0 Å². The quantitative estimate of drug-likeness (QED) is 0.0925. The predicted molar refractivity (Wildman–Crippen MR) is 217 cm³/mol. The molecule has 0 bridgehead atoms. The van der Waals surface area contributed by atoms with Gasteiger partial charge in [-0.2, -0.15) is 0 Å². The van der Waals surface area contributed by atoms with Gasteiger partial charge in [-0.25, -0.2) is 0 Å². The molecule has 1 aliphatic rings. The number of hydrogen-bond donors (Lipinski definition) is 1. The lowest BCUT2D eigenvalue weighted by molar-refractivity contribution is -0.137. The summed E-state index contributed by atoms with van der Waals surface area (Å²) in [6, 6.07) is 10.9. The van der Waals surface area contributed by atoms with Crippen LogP contribution in [0.5, 0.6) is 0 Å². The Balaban J connectivity index is 2.49. The summed E-state index contributed by atoms with van der Waals surface area (Å²) in [6.45, 7) is 35.4. The highest BCUT2D eigenvalue weighted by Crippen LogP contribution is 2.49. The number of hydrogen-bond acceptors (Lipinski definition) is 4. The molecule has 49 heavy (non-hydrogen) atoms. The van der Waals surface area contributed by atoms with E-state index in [0.717, 1.165) is 44.9 Å². The first-order valence-corrected chi connectivity index (χ1v) is 27.9. The standard InChI is InChI=1S/C41H76O5Si3/c1-39(2,3)47(10,11)44-33(28-27-32-23-19-18-20-24-32)29-30-35-34(25-21-16-17-22-26-38(42)43)36(45-48(12,13)40(4,5)6)31-37(35)46-49(14,15)41(7,8)9/h16,18-21,23-24,33-37H,17,22,25-31H2,1-15H3,(H,42,43)/t33-,34+,35+,36-,37+/m0/s1. The zero-order valence-electron chi connectivity index (χ0n) is 34.4. The van der Waals surface area contributed by atoms with E-state index in [0.29, 0.717) is 18.3 Å². The van der Waals surface area contributed by atoms with Crippen LogP contribution < -0.4 is 0 Å². The average Bonchev–Trinajstić information content (AvgIpc) is 3.24. The molecule has 0 heterocycles. The molecule has 0 amide bonds. The van der Waals surface area contributed by atoms with Crippen LogP contribution in [-0.4, -0.2) is 54.3 Å². The van der Waals surface area contributed by atoms with E-state index in [1.165, 1.54) is 5.56 Å². The zero-order valence-corrected chi connectivity index (χ0v) is 37.4. The fraction of sp³-hybridized carbons (Fsp3) is 0.780. The molecule has 0 aliphatic heterocycles.